The number of pyridine rings is 1. The van der Waals surface area contributed by atoms with Gasteiger partial charge in [-0.1, -0.05) is 6.07 Å². The number of anilines is 1. The fraction of sp³-hybridized carbons (Fsp3) is 0.100. The largest absolute Gasteiger partial charge is 0.507 e. The summed E-state index contributed by atoms with van der Waals surface area (Å²) in [4.78, 5) is 13.4. The quantitative estimate of drug-likeness (QED) is 0.442. The van der Waals surface area contributed by atoms with Crippen LogP contribution in [-0.4, -0.2) is 20.1 Å². The Morgan fingerprint density at radius 2 is 1.85 bits per heavy atom. The molecule has 0 aliphatic heterocycles. The molecular weight excluding hydrogens is 344 g/mol. The molecule has 0 amide bonds. The third kappa shape index (κ3) is 3.23. The molecule has 2 aromatic heterocycles. The summed E-state index contributed by atoms with van der Waals surface area (Å²) in [7, 11) is 0. The first-order valence-corrected chi connectivity index (χ1v) is 9.06. The number of nitrogens with one attached hydrogen (secondary N) is 2. The van der Waals surface area contributed by atoms with Gasteiger partial charge in [0.05, 0.1) is 11.0 Å². The van der Waals surface area contributed by atoms with E-state index in [-0.39, 0.29) is 0 Å². The molecule has 4 rings (SSSR count). The lowest BCUT2D eigenvalue weighted by Crippen LogP contribution is -1.88. The van der Waals surface area contributed by atoms with Crippen LogP contribution in [0.25, 0.3) is 22.4 Å². The number of aromatic hydroxyl groups is 1. The minimum absolute atomic E-state index is 0.337. The van der Waals surface area contributed by atoms with E-state index in [0.29, 0.717) is 5.75 Å². The molecule has 0 unspecified atom stereocenters. The van der Waals surface area contributed by atoms with Crippen LogP contribution in [0.3, 0.4) is 0 Å². The van der Waals surface area contributed by atoms with Crippen molar-refractivity contribution in [1.29, 1.82) is 0 Å². The molecule has 26 heavy (non-hydrogen) atoms. The van der Waals surface area contributed by atoms with Gasteiger partial charge >= 0.3 is 0 Å². The fourth-order valence-electron chi connectivity index (χ4n) is 2.82. The molecular formula is C20H18N4OS. The van der Waals surface area contributed by atoms with Crippen LogP contribution in [0.2, 0.25) is 0 Å². The fourth-order valence-corrected chi connectivity index (χ4v) is 3.47. The SMILES string of the molecule is Cc1cc(-c2nc3ccc(SNc4ccccn4)cc3[nH]2)cc(C)c1O. The molecule has 0 atom stereocenters. The van der Waals surface area contributed by atoms with E-state index in [9.17, 15) is 5.11 Å². The minimum atomic E-state index is 0.337. The zero-order valence-electron chi connectivity index (χ0n) is 14.4. The maximum absolute atomic E-state index is 9.96. The second-order valence-corrected chi connectivity index (χ2v) is 7.02. The Labute approximate surface area is 155 Å². The van der Waals surface area contributed by atoms with Gasteiger partial charge in [-0.05, 0) is 79.4 Å². The average molecular weight is 362 g/mol. The van der Waals surface area contributed by atoms with Crippen molar-refractivity contribution in [3.63, 3.8) is 0 Å². The van der Waals surface area contributed by atoms with E-state index in [1.165, 1.54) is 11.9 Å². The summed E-state index contributed by atoms with van der Waals surface area (Å²) in [6.45, 7) is 3.79. The molecule has 0 aliphatic rings. The molecule has 0 saturated carbocycles. The van der Waals surface area contributed by atoms with Gasteiger partial charge in [0.25, 0.3) is 0 Å². The number of aromatic amines is 1. The van der Waals surface area contributed by atoms with Crippen LogP contribution in [0.1, 0.15) is 11.1 Å². The lowest BCUT2D eigenvalue weighted by atomic mass is 10.1. The standard InChI is InChI=1S/C20H18N4OS/c1-12-9-14(10-13(2)19(12)25)20-22-16-7-6-15(11-17(16)23-20)26-24-18-5-3-4-8-21-18/h3-11,25H,1-2H3,(H,21,24)(H,22,23). The molecule has 0 aliphatic carbocycles. The first-order valence-electron chi connectivity index (χ1n) is 8.24. The van der Waals surface area contributed by atoms with Crippen LogP contribution in [0.15, 0.2) is 59.6 Å². The number of aromatic nitrogens is 3. The second kappa shape index (κ2) is 6.72. The Bertz CT molecular complexity index is 1050. The lowest BCUT2D eigenvalue weighted by molar-refractivity contribution is 0.467. The molecule has 0 saturated heterocycles. The molecule has 6 heteroatoms. The van der Waals surface area contributed by atoms with E-state index in [0.717, 1.165) is 44.3 Å². The van der Waals surface area contributed by atoms with Gasteiger partial charge in [-0.2, -0.15) is 0 Å². The maximum Gasteiger partial charge on any atom is 0.138 e. The highest BCUT2D eigenvalue weighted by Gasteiger charge is 2.10. The van der Waals surface area contributed by atoms with Gasteiger partial charge in [0.2, 0.25) is 0 Å². The summed E-state index contributed by atoms with van der Waals surface area (Å²) in [5, 5.41) is 9.96. The molecule has 2 aromatic carbocycles. The minimum Gasteiger partial charge on any atom is -0.507 e. The van der Waals surface area contributed by atoms with E-state index >= 15 is 0 Å². The number of hydrogen-bond acceptors (Lipinski definition) is 5. The molecule has 3 N–H and O–H groups in total. The zero-order valence-corrected chi connectivity index (χ0v) is 15.3. The van der Waals surface area contributed by atoms with Gasteiger partial charge in [0.1, 0.15) is 17.4 Å². The van der Waals surface area contributed by atoms with Gasteiger partial charge in [-0.15, -0.1) is 0 Å². The molecule has 130 valence electrons. The van der Waals surface area contributed by atoms with E-state index in [1.54, 1.807) is 6.20 Å². The maximum atomic E-state index is 9.96. The van der Waals surface area contributed by atoms with Gasteiger partial charge in [-0.3, -0.25) is 0 Å². The van der Waals surface area contributed by atoms with Crippen LogP contribution >= 0.6 is 11.9 Å². The Balaban J connectivity index is 1.62. The van der Waals surface area contributed by atoms with Crippen LogP contribution in [-0.2, 0) is 0 Å². The molecule has 2 heterocycles. The molecule has 0 spiro atoms. The predicted molar refractivity (Wildman–Crippen MR) is 106 cm³/mol. The van der Waals surface area contributed by atoms with E-state index in [4.69, 9.17) is 0 Å². The van der Waals surface area contributed by atoms with Crippen molar-refractivity contribution >= 4 is 28.8 Å². The summed E-state index contributed by atoms with van der Waals surface area (Å²) in [6.07, 6.45) is 1.76. The van der Waals surface area contributed by atoms with Crippen LogP contribution in [0, 0.1) is 13.8 Å². The van der Waals surface area contributed by atoms with Crippen molar-refractivity contribution < 1.29 is 5.11 Å². The Hall–Kier alpha value is -2.99. The predicted octanol–water partition coefficient (Wildman–Crippen LogP) is 5.07. The van der Waals surface area contributed by atoms with Crippen molar-refractivity contribution in [3.05, 3.63) is 65.9 Å². The van der Waals surface area contributed by atoms with E-state index in [2.05, 4.69) is 25.7 Å². The second-order valence-electron chi connectivity index (χ2n) is 6.14. The van der Waals surface area contributed by atoms with Gasteiger partial charge < -0.3 is 14.8 Å². The molecule has 0 fully saturated rings. The lowest BCUT2D eigenvalue weighted by Gasteiger charge is -2.05. The summed E-state index contributed by atoms with van der Waals surface area (Å²) in [5.41, 5.74) is 4.53. The average Bonchev–Trinajstić information content (AvgIpc) is 3.08. The van der Waals surface area contributed by atoms with Crippen molar-refractivity contribution in [2.75, 3.05) is 4.72 Å². The summed E-state index contributed by atoms with van der Waals surface area (Å²) in [5.74, 6) is 1.95. The highest BCUT2D eigenvalue weighted by atomic mass is 32.2. The van der Waals surface area contributed by atoms with Crippen LogP contribution < -0.4 is 4.72 Å². The number of hydrogen-bond donors (Lipinski definition) is 3. The van der Waals surface area contributed by atoms with Gasteiger partial charge in [0.15, 0.2) is 0 Å². The van der Waals surface area contributed by atoms with Crippen molar-refractivity contribution in [1.82, 2.24) is 15.0 Å². The number of rotatable bonds is 4. The number of benzene rings is 2. The molecule has 4 aromatic rings. The van der Waals surface area contributed by atoms with Gasteiger partial charge in [-0.25, -0.2) is 9.97 Å². The van der Waals surface area contributed by atoms with Crippen LogP contribution in [0.4, 0.5) is 5.82 Å². The molecule has 5 nitrogen and oxygen atoms in total. The number of aryl methyl sites for hydroxylation is 2. The van der Waals surface area contributed by atoms with Crippen molar-refractivity contribution in [2.45, 2.75) is 18.7 Å². The first-order chi connectivity index (χ1) is 12.6. The van der Waals surface area contributed by atoms with Gasteiger partial charge in [0, 0.05) is 16.7 Å². The Morgan fingerprint density at radius 1 is 1.04 bits per heavy atom. The Kier molecular flexibility index (Phi) is 4.26. The monoisotopic (exact) mass is 362 g/mol. The molecule has 0 radical (unpaired) electrons. The highest BCUT2D eigenvalue weighted by molar-refractivity contribution is 8.00. The highest BCUT2D eigenvalue weighted by Crippen LogP contribution is 2.30. The van der Waals surface area contributed by atoms with Crippen molar-refractivity contribution in [2.24, 2.45) is 0 Å². The summed E-state index contributed by atoms with van der Waals surface area (Å²) >= 11 is 1.51. The summed E-state index contributed by atoms with van der Waals surface area (Å²) < 4.78 is 3.23. The summed E-state index contributed by atoms with van der Waals surface area (Å²) in [6, 6.07) is 15.7. The third-order valence-corrected chi connectivity index (χ3v) is 4.96. The van der Waals surface area contributed by atoms with Crippen molar-refractivity contribution in [3.8, 4) is 17.1 Å². The van der Waals surface area contributed by atoms with E-state index in [1.807, 2.05) is 56.3 Å². The number of H-pyrrole nitrogens is 1. The van der Waals surface area contributed by atoms with E-state index < -0.39 is 0 Å². The number of phenols is 1. The number of imidazole rings is 1. The van der Waals surface area contributed by atoms with Crippen LogP contribution in [0.5, 0.6) is 5.75 Å². The first kappa shape index (κ1) is 16.5. The Morgan fingerprint density at radius 3 is 2.58 bits per heavy atom. The number of nitrogens with zero attached hydrogens (tertiary/aromatic N) is 2. The number of phenolic OH excluding ortho intramolecular Hbond substituents is 1. The third-order valence-electron chi connectivity index (χ3n) is 4.16. The zero-order chi connectivity index (χ0) is 18.1. The number of fused-ring (bicyclic) bond motifs is 1. The molecule has 0 bridgehead atoms. The normalized spacial score (nSPS) is 11.0. The smallest absolute Gasteiger partial charge is 0.138 e. The topological polar surface area (TPSA) is 73.8 Å².